The monoisotopic (exact) mass is 399 g/mol. The lowest BCUT2D eigenvalue weighted by Gasteiger charge is -2.24. The standard InChI is InChI=1S/C20H17NO4S2/c1-25-14-7-5-6-13(10-14)16-11-18(22)21-19-17(12-26-20(16)19)27(23,24)15-8-3-2-4-9-15/h2-10,12,16H,11H2,1H3,(H,21,22)/t16-/m0/s1. The fourth-order valence-electron chi connectivity index (χ4n) is 3.26. The Labute approximate surface area is 161 Å². The van der Waals surface area contributed by atoms with E-state index >= 15 is 0 Å². The lowest BCUT2D eigenvalue weighted by Crippen LogP contribution is -2.23. The molecule has 0 spiro atoms. The second-order valence-corrected chi connectivity index (χ2v) is 9.07. The minimum atomic E-state index is -3.71. The number of carbonyl (C=O) groups is 1. The minimum absolute atomic E-state index is 0.148. The van der Waals surface area contributed by atoms with Gasteiger partial charge in [0.1, 0.15) is 10.6 Å². The van der Waals surface area contributed by atoms with Crippen LogP contribution in [0.5, 0.6) is 5.75 Å². The summed E-state index contributed by atoms with van der Waals surface area (Å²) in [5.41, 5.74) is 1.32. The molecule has 0 radical (unpaired) electrons. The first-order chi connectivity index (χ1) is 13.0. The maximum atomic E-state index is 13.1. The van der Waals surface area contributed by atoms with Gasteiger partial charge in [0.2, 0.25) is 15.7 Å². The molecule has 27 heavy (non-hydrogen) atoms. The second-order valence-electron chi connectivity index (χ2n) is 6.24. The summed E-state index contributed by atoms with van der Waals surface area (Å²) in [6, 6.07) is 15.8. The fraction of sp³-hybridized carbons (Fsp3) is 0.150. The van der Waals surface area contributed by atoms with Crippen LogP contribution in [0.4, 0.5) is 5.69 Å². The Kier molecular flexibility index (Phi) is 4.49. The quantitative estimate of drug-likeness (QED) is 0.718. The van der Waals surface area contributed by atoms with Gasteiger partial charge in [-0.2, -0.15) is 0 Å². The number of ether oxygens (including phenoxy) is 1. The highest BCUT2D eigenvalue weighted by atomic mass is 32.2. The number of nitrogens with one attached hydrogen (secondary N) is 1. The molecule has 5 nitrogen and oxygen atoms in total. The number of sulfone groups is 1. The van der Waals surface area contributed by atoms with E-state index < -0.39 is 9.84 Å². The van der Waals surface area contributed by atoms with Gasteiger partial charge in [-0.05, 0) is 29.8 Å². The summed E-state index contributed by atoms with van der Waals surface area (Å²) in [6.45, 7) is 0. The van der Waals surface area contributed by atoms with Gasteiger partial charge in [0, 0.05) is 22.6 Å². The van der Waals surface area contributed by atoms with E-state index in [4.69, 9.17) is 4.74 Å². The maximum Gasteiger partial charge on any atom is 0.225 e. The van der Waals surface area contributed by atoms with Crippen LogP contribution in [0.25, 0.3) is 0 Å². The fourth-order valence-corrected chi connectivity index (χ4v) is 6.19. The van der Waals surface area contributed by atoms with Gasteiger partial charge in [-0.3, -0.25) is 4.79 Å². The van der Waals surface area contributed by atoms with Crippen molar-refractivity contribution in [2.24, 2.45) is 0 Å². The highest BCUT2D eigenvalue weighted by Crippen LogP contribution is 2.46. The Morgan fingerprint density at radius 1 is 1.11 bits per heavy atom. The highest BCUT2D eigenvalue weighted by Gasteiger charge is 2.34. The number of hydrogen-bond acceptors (Lipinski definition) is 5. The summed E-state index contributed by atoms with van der Waals surface area (Å²) in [4.78, 5) is 13.5. The van der Waals surface area contributed by atoms with Gasteiger partial charge < -0.3 is 10.1 Å². The van der Waals surface area contributed by atoms with Crippen LogP contribution in [0, 0.1) is 0 Å². The van der Waals surface area contributed by atoms with Crippen molar-refractivity contribution in [2.45, 2.75) is 22.1 Å². The lowest BCUT2D eigenvalue weighted by molar-refractivity contribution is -0.116. The lowest BCUT2D eigenvalue weighted by atomic mass is 9.90. The topological polar surface area (TPSA) is 72.5 Å². The van der Waals surface area contributed by atoms with Crippen LogP contribution in [0.1, 0.15) is 22.8 Å². The molecule has 0 fully saturated rings. The molecular formula is C20H17NO4S2. The second kappa shape index (κ2) is 6.83. The predicted octanol–water partition coefficient (Wildman–Crippen LogP) is 4.06. The molecule has 2 heterocycles. The Morgan fingerprint density at radius 2 is 1.89 bits per heavy atom. The van der Waals surface area contributed by atoms with Crippen molar-refractivity contribution in [1.82, 2.24) is 0 Å². The zero-order valence-corrected chi connectivity index (χ0v) is 16.1. The smallest absolute Gasteiger partial charge is 0.225 e. The maximum absolute atomic E-state index is 13.1. The van der Waals surface area contributed by atoms with E-state index in [0.717, 1.165) is 10.4 Å². The van der Waals surface area contributed by atoms with E-state index in [-0.39, 0.29) is 28.0 Å². The number of thiophene rings is 1. The number of rotatable bonds is 4. The molecule has 0 aliphatic carbocycles. The first kappa shape index (κ1) is 17.8. The van der Waals surface area contributed by atoms with Crippen LogP contribution in [0.2, 0.25) is 0 Å². The third-order valence-electron chi connectivity index (χ3n) is 4.60. The molecule has 7 heteroatoms. The summed E-state index contributed by atoms with van der Waals surface area (Å²) >= 11 is 1.36. The van der Waals surface area contributed by atoms with Crippen molar-refractivity contribution in [3.8, 4) is 5.75 Å². The summed E-state index contributed by atoms with van der Waals surface area (Å²) in [5.74, 6) is 0.306. The first-order valence-electron chi connectivity index (χ1n) is 8.36. The predicted molar refractivity (Wildman–Crippen MR) is 104 cm³/mol. The third-order valence-corrected chi connectivity index (χ3v) is 7.63. The SMILES string of the molecule is COc1cccc([C@@H]2CC(=O)Nc3c(S(=O)(=O)c4ccccc4)csc32)c1. The van der Waals surface area contributed by atoms with Crippen LogP contribution >= 0.6 is 11.3 Å². The van der Waals surface area contributed by atoms with Crippen molar-refractivity contribution in [1.29, 1.82) is 0 Å². The average Bonchev–Trinajstić information content (AvgIpc) is 3.12. The molecule has 1 N–H and O–H groups in total. The van der Waals surface area contributed by atoms with Crippen molar-refractivity contribution in [3.63, 3.8) is 0 Å². The molecule has 1 aliphatic heterocycles. The van der Waals surface area contributed by atoms with E-state index in [2.05, 4.69) is 5.32 Å². The number of benzene rings is 2. The van der Waals surface area contributed by atoms with Crippen molar-refractivity contribution in [2.75, 3.05) is 12.4 Å². The molecule has 3 aromatic rings. The molecule has 1 aliphatic rings. The van der Waals surface area contributed by atoms with Crippen molar-refractivity contribution in [3.05, 3.63) is 70.4 Å². The van der Waals surface area contributed by atoms with E-state index in [1.165, 1.54) is 11.3 Å². The highest BCUT2D eigenvalue weighted by molar-refractivity contribution is 7.91. The molecule has 0 unspecified atom stereocenters. The van der Waals surface area contributed by atoms with E-state index in [1.54, 1.807) is 42.8 Å². The van der Waals surface area contributed by atoms with Gasteiger partial charge in [-0.1, -0.05) is 30.3 Å². The molecule has 4 rings (SSSR count). The van der Waals surface area contributed by atoms with Crippen LogP contribution in [0.3, 0.4) is 0 Å². The number of carbonyl (C=O) groups excluding carboxylic acids is 1. The number of amides is 1. The summed E-state index contributed by atoms with van der Waals surface area (Å²) < 4.78 is 31.4. The molecule has 0 saturated carbocycles. The van der Waals surface area contributed by atoms with Gasteiger partial charge in [-0.15, -0.1) is 11.3 Å². The Balaban J connectivity index is 1.83. The average molecular weight is 399 g/mol. The molecule has 0 saturated heterocycles. The van der Waals surface area contributed by atoms with Gasteiger partial charge >= 0.3 is 0 Å². The van der Waals surface area contributed by atoms with E-state index in [9.17, 15) is 13.2 Å². The number of fused-ring (bicyclic) bond motifs is 1. The molecule has 1 amide bonds. The first-order valence-corrected chi connectivity index (χ1v) is 10.7. The van der Waals surface area contributed by atoms with Gasteiger partial charge in [-0.25, -0.2) is 8.42 Å². The van der Waals surface area contributed by atoms with Gasteiger partial charge in [0.15, 0.2) is 0 Å². The van der Waals surface area contributed by atoms with Gasteiger partial charge in [0.25, 0.3) is 0 Å². The summed E-state index contributed by atoms with van der Waals surface area (Å²) in [5, 5.41) is 4.39. The Hall–Kier alpha value is -2.64. The molecule has 1 aromatic heterocycles. The Morgan fingerprint density at radius 3 is 2.63 bits per heavy atom. The largest absolute Gasteiger partial charge is 0.497 e. The molecule has 138 valence electrons. The molecule has 0 bridgehead atoms. The van der Waals surface area contributed by atoms with Crippen LogP contribution < -0.4 is 10.1 Å². The van der Waals surface area contributed by atoms with E-state index in [1.807, 2.05) is 24.3 Å². The van der Waals surface area contributed by atoms with Gasteiger partial charge in [0.05, 0.1) is 17.7 Å². The number of anilines is 1. The third kappa shape index (κ3) is 3.13. The Bertz CT molecular complexity index is 1100. The van der Waals surface area contributed by atoms with Crippen LogP contribution in [0.15, 0.2) is 69.8 Å². The molecule has 1 atom stereocenters. The van der Waals surface area contributed by atoms with Crippen LogP contribution in [-0.4, -0.2) is 21.4 Å². The molecular weight excluding hydrogens is 382 g/mol. The summed E-state index contributed by atoms with van der Waals surface area (Å²) in [6.07, 6.45) is 0.269. The zero-order valence-electron chi connectivity index (χ0n) is 14.5. The van der Waals surface area contributed by atoms with E-state index in [0.29, 0.717) is 11.4 Å². The van der Waals surface area contributed by atoms with Crippen LogP contribution in [-0.2, 0) is 14.6 Å². The van der Waals surface area contributed by atoms with Crippen molar-refractivity contribution < 1.29 is 17.9 Å². The number of hydrogen-bond donors (Lipinski definition) is 1. The number of methoxy groups -OCH3 is 1. The summed E-state index contributed by atoms with van der Waals surface area (Å²) in [7, 11) is -2.12. The zero-order chi connectivity index (χ0) is 19.0. The van der Waals surface area contributed by atoms with Crippen molar-refractivity contribution >= 4 is 32.8 Å². The minimum Gasteiger partial charge on any atom is -0.497 e. The normalized spacial score (nSPS) is 16.5. The molecule has 2 aromatic carbocycles.